The average molecular weight is 336 g/mol. The summed E-state index contributed by atoms with van der Waals surface area (Å²) in [4.78, 5) is 20.4. The molecule has 0 aliphatic carbocycles. The van der Waals surface area contributed by atoms with Crippen molar-refractivity contribution in [3.05, 3.63) is 77.5 Å². The van der Waals surface area contributed by atoms with Crippen molar-refractivity contribution in [3.63, 3.8) is 0 Å². The van der Waals surface area contributed by atoms with Crippen LogP contribution in [-0.4, -0.2) is 15.9 Å². The van der Waals surface area contributed by atoms with Crippen LogP contribution in [0.3, 0.4) is 0 Å². The average Bonchev–Trinajstić information content (AvgIpc) is 2.54. The summed E-state index contributed by atoms with van der Waals surface area (Å²) < 4.78 is 13.2. The van der Waals surface area contributed by atoms with Gasteiger partial charge in [-0.25, -0.2) is 14.4 Å². The Kier molecular flexibility index (Phi) is 4.70. The molecule has 0 atom stereocenters. The first-order chi connectivity index (χ1) is 12.0. The number of anilines is 3. The molecule has 0 saturated heterocycles. The molecule has 2 N–H and O–H groups in total. The molecule has 0 spiro atoms. The van der Waals surface area contributed by atoms with Gasteiger partial charge in [0.15, 0.2) is 0 Å². The molecule has 0 aliphatic heterocycles. The lowest BCUT2D eigenvalue weighted by Gasteiger charge is -2.09. The highest BCUT2D eigenvalue weighted by molar-refractivity contribution is 6.03. The second-order valence-electron chi connectivity index (χ2n) is 5.75. The quantitative estimate of drug-likeness (QED) is 0.748. The number of carbonyl (C=O) groups excluding carboxylic acids is 1. The van der Waals surface area contributed by atoms with Crippen LogP contribution in [0.5, 0.6) is 0 Å². The monoisotopic (exact) mass is 336 g/mol. The van der Waals surface area contributed by atoms with E-state index in [1.54, 1.807) is 12.1 Å². The summed E-state index contributed by atoms with van der Waals surface area (Å²) in [7, 11) is 0. The van der Waals surface area contributed by atoms with Gasteiger partial charge in [-0.05, 0) is 55.3 Å². The Morgan fingerprint density at radius 2 is 1.72 bits per heavy atom. The van der Waals surface area contributed by atoms with Crippen LogP contribution < -0.4 is 10.6 Å². The molecular formula is C19H17FN4O. The fraction of sp³-hybridized carbons (Fsp3) is 0.105. The predicted molar refractivity (Wildman–Crippen MR) is 95.6 cm³/mol. The summed E-state index contributed by atoms with van der Waals surface area (Å²) in [6.45, 7) is 4.02. The maximum Gasteiger partial charge on any atom is 0.274 e. The van der Waals surface area contributed by atoms with Crippen molar-refractivity contribution in [2.45, 2.75) is 13.8 Å². The van der Waals surface area contributed by atoms with Crippen LogP contribution in [0.1, 0.15) is 21.6 Å². The molecule has 0 radical (unpaired) electrons. The van der Waals surface area contributed by atoms with Gasteiger partial charge in [-0.1, -0.05) is 12.1 Å². The minimum atomic E-state index is -0.434. The Labute approximate surface area is 145 Å². The van der Waals surface area contributed by atoms with Crippen LogP contribution in [0, 0.1) is 19.7 Å². The van der Waals surface area contributed by atoms with Crippen molar-refractivity contribution in [3.8, 4) is 0 Å². The molecular weight excluding hydrogens is 319 g/mol. The maximum absolute atomic E-state index is 13.2. The molecule has 1 heterocycles. The summed E-state index contributed by atoms with van der Waals surface area (Å²) >= 11 is 0. The van der Waals surface area contributed by atoms with Gasteiger partial charge in [-0.2, -0.15) is 0 Å². The molecule has 0 aliphatic rings. The number of benzene rings is 2. The molecule has 6 heteroatoms. The van der Waals surface area contributed by atoms with Gasteiger partial charge in [-0.15, -0.1) is 0 Å². The zero-order valence-corrected chi connectivity index (χ0v) is 13.9. The van der Waals surface area contributed by atoms with Gasteiger partial charge >= 0.3 is 0 Å². The van der Waals surface area contributed by atoms with Crippen molar-refractivity contribution in [1.82, 2.24) is 9.97 Å². The van der Waals surface area contributed by atoms with Gasteiger partial charge in [-0.3, -0.25) is 4.79 Å². The van der Waals surface area contributed by atoms with Gasteiger partial charge in [0.05, 0.1) is 0 Å². The van der Waals surface area contributed by atoms with Gasteiger partial charge in [0.2, 0.25) is 0 Å². The first kappa shape index (κ1) is 16.6. The number of hydrogen-bond donors (Lipinski definition) is 2. The summed E-state index contributed by atoms with van der Waals surface area (Å²) in [6, 6.07) is 13.3. The molecule has 0 saturated carbocycles. The Hall–Kier alpha value is -3.28. The molecule has 0 unspecified atom stereocenters. The smallest absolute Gasteiger partial charge is 0.274 e. The van der Waals surface area contributed by atoms with E-state index in [1.165, 1.54) is 24.5 Å². The third-order valence-corrected chi connectivity index (χ3v) is 3.48. The van der Waals surface area contributed by atoms with Gasteiger partial charge < -0.3 is 10.6 Å². The van der Waals surface area contributed by atoms with Gasteiger partial charge in [0, 0.05) is 17.4 Å². The summed E-state index contributed by atoms with van der Waals surface area (Å²) in [6.07, 6.45) is 1.31. The highest BCUT2D eigenvalue weighted by Gasteiger charge is 2.10. The van der Waals surface area contributed by atoms with E-state index < -0.39 is 11.7 Å². The number of nitrogens with one attached hydrogen (secondary N) is 2. The second-order valence-corrected chi connectivity index (χ2v) is 5.75. The van der Waals surface area contributed by atoms with E-state index in [0.717, 1.165) is 16.8 Å². The first-order valence-electron chi connectivity index (χ1n) is 7.74. The zero-order chi connectivity index (χ0) is 17.8. The van der Waals surface area contributed by atoms with Crippen LogP contribution in [0.25, 0.3) is 0 Å². The fourth-order valence-electron chi connectivity index (χ4n) is 2.51. The van der Waals surface area contributed by atoms with Crippen LogP contribution >= 0.6 is 0 Å². The molecule has 0 fully saturated rings. The molecule has 5 nitrogen and oxygen atoms in total. The van der Waals surface area contributed by atoms with Crippen molar-refractivity contribution in [2.75, 3.05) is 10.6 Å². The van der Waals surface area contributed by atoms with Crippen LogP contribution in [-0.2, 0) is 0 Å². The van der Waals surface area contributed by atoms with Crippen LogP contribution in [0.4, 0.5) is 21.6 Å². The summed E-state index contributed by atoms with van der Waals surface area (Å²) in [5.41, 5.74) is 3.69. The van der Waals surface area contributed by atoms with Gasteiger partial charge in [0.25, 0.3) is 5.91 Å². The van der Waals surface area contributed by atoms with Crippen molar-refractivity contribution >= 4 is 23.1 Å². The van der Waals surface area contributed by atoms with Crippen LogP contribution in [0.15, 0.2) is 54.9 Å². The standard InChI is InChI=1S/C19H17FN4O/c1-12-6-13(2)8-16(7-12)23-18-10-17(21-11-22-18)19(25)24-15-5-3-4-14(20)9-15/h3-11H,1-2H3,(H,24,25)(H,21,22,23). The third kappa shape index (κ3) is 4.38. The molecule has 3 aromatic rings. The van der Waals surface area contributed by atoms with E-state index in [9.17, 15) is 9.18 Å². The minimum Gasteiger partial charge on any atom is -0.340 e. The number of nitrogens with zero attached hydrogens (tertiary/aromatic N) is 2. The van der Waals surface area contributed by atoms with Crippen molar-refractivity contribution < 1.29 is 9.18 Å². The van der Waals surface area contributed by atoms with E-state index in [4.69, 9.17) is 0 Å². The SMILES string of the molecule is Cc1cc(C)cc(Nc2cc(C(=O)Nc3cccc(F)c3)ncn2)c1. The highest BCUT2D eigenvalue weighted by atomic mass is 19.1. The molecule has 1 aromatic heterocycles. The van der Waals surface area contributed by atoms with Crippen LogP contribution in [0.2, 0.25) is 0 Å². The largest absolute Gasteiger partial charge is 0.340 e. The topological polar surface area (TPSA) is 66.9 Å². The second kappa shape index (κ2) is 7.09. The molecule has 126 valence electrons. The number of rotatable bonds is 4. The Morgan fingerprint density at radius 3 is 2.44 bits per heavy atom. The molecule has 1 amide bonds. The fourth-order valence-corrected chi connectivity index (χ4v) is 2.51. The number of halogens is 1. The molecule has 2 aromatic carbocycles. The molecule has 25 heavy (non-hydrogen) atoms. The van der Waals surface area contributed by atoms with E-state index in [2.05, 4.69) is 26.7 Å². The zero-order valence-electron chi connectivity index (χ0n) is 13.9. The van der Waals surface area contributed by atoms with Crippen molar-refractivity contribution in [2.24, 2.45) is 0 Å². The lowest BCUT2D eigenvalue weighted by molar-refractivity contribution is 0.102. The number of hydrogen-bond acceptors (Lipinski definition) is 4. The third-order valence-electron chi connectivity index (χ3n) is 3.48. The van der Waals surface area contributed by atoms with Crippen molar-refractivity contribution in [1.29, 1.82) is 0 Å². The number of carbonyl (C=O) groups is 1. The summed E-state index contributed by atoms with van der Waals surface area (Å²) in [5, 5.41) is 5.77. The Bertz CT molecular complexity index is 907. The van der Waals surface area contributed by atoms with Gasteiger partial charge in [0.1, 0.15) is 23.7 Å². The van der Waals surface area contributed by atoms with E-state index in [0.29, 0.717) is 11.5 Å². The number of aromatic nitrogens is 2. The van der Waals surface area contributed by atoms with E-state index in [1.807, 2.05) is 26.0 Å². The normalized spacial score (nSPS) is 10.4. The predicted octanol–water partition coefficient (Wildman–Crippen LogP) is 4.23. The Morgan fingerprint density at radius 1 is 0.960 bits per heavy atom. The van der Waals surface area contributed by atoms with E-state index >= 15 is 0 Å². The highest BCUT2D eigenvalue weighted by Crippen LogP contribution is 2.19. The Balaban J connectivity index is 1.77. The minimum absolute atomic E-state index is 0.186. The lowest BCUT2D eigenvalue weighted by Crippen LogP contribution is -2.14. The molecule has 3 rings (SSSR count). The number of aryl methyl sites for hydroxylation is 2. The maximum atomic E-state index is 13.2. The summed E-state index contributed by atoms with van der Waals surface area (Å²) in [5.74, 6) is -0.349. The molecule has 0 bridgehead atoms. The number of amides is 1. The first-order valence-corrected chi connectivity index (χ1v) is 7.74. The van der Waals surface area contributed by atoms with E-state index in [-0.39, 0.29) is 5.69 Å². The lowest BCUT2D eigenvalue weighted by atomic mass is 10.1.